The normalized spacial score (nSPS) is 12.8. The molecule has 1 aliphatic rings. The van der Waals surface area contributed by atoms with Crippen LogP contribution in [0, 0.1) is 0 Å². The van der Waals surface area contributed by atoms with Crippen molar-refractivity contribution in [2.24, 2.45) is 4.99 Å². The molecule has 3 rings (SSSR count). The third kappa shape index (κ3) is 6.62. The highest BCUT2D eigenvalue weighted by Crippen LogP contribution is 2.22. The molecule has 2 aromatic carbocycles. The second-order valence-corrected chi connectivity index (χ2v) is 6.82. The van der Waals surface area contributed by atoms with E-state index in [1.54, 1.807) is 14.2 Å². The number of aliphatic imine (C=N–C) groups is 1. The molecule has 0 fully saturated rings. The van der Waals surface area contributed by atoms with Crippen molar-refractivity contribution in [1.29, 1.82) is 0 Å². The fourth-order valence-electron chi connectivity index (χ4n) is 3.26. The van der Waals surface area contributed by atoms with E-state index in [2.05, 4.69) is 27.8 Å². The molecule has 0 saturated carbocycles. The molecule has 1 heterocycles. The molecule has 0 spiro atoms. The Bertz CT molecular complexity index is 799. The van der Waals surface area contributed by atoms with Gasteiger partial charge in [-0.3, -0.25) is 9.79 Å². The number of carbonyl (C=O) groups excluding carboxylic acids is 1. The molecular weight excluding hydrogens is 479 g/mol. The minimum atomic E-state index is 0. The summed E-state index contributed by atoms with van der Waals surface area (Å²) in [4.78, 5) is 18.6. The number of carbonyl (C=O) groups is 1. The second kappa shape index (κ2) is 11.6. The topological polar surface area (TPSA) is 66.0 Å². The predicted molar refractivity (Wildman–Crippen MR) is 127 cm³/mol. The third-order valence-corrected chi connectivity index (χ3v) is 4.90. The van der Waals surface area contributed by atoms with Gasteiger partial charge in [0, 0.05) is 39.6 Å². The Hall–Kier alpha value is -2.29. The van der Waals surface area contributed by atoms with E-state index in [1.807, 2.05) is 41.3 Å². The van der Waals surface area contributed by atoms with E-state index in [0.717, 1.165) is 36.8 Å². The maximum absolute atomic E-state index is 12.4. The van der Waals surface area contributed by atoms with Crippen LogP contribution < -0.4 is 15.4 Å². The van der Waals surface area contributed by atoms with Crippen molar-refractivity contribution in [1.82, 2.24) is 15.5 Å². The first-order valence-corrected chi connectivity index (χ1v) is 9.61. The number of hydrogen-bond acceptors (Lipinski definition) is 3. The summed E-state index contributed by atoms with van der Waals surface area (Å²) in [5, 5.41) is 6.55. The Labute approximate surface area is 189 Å². The maximum Gasteiger partial charge on any atom is 0.223 e. The van der Waals surface area contributed by atoms with Crippen molar-refractivity contribution in [2.75, 3.05) is 20.7 Å². The van der Waals surface area contributed by atoms with Crippen molar-refractivity contribution in [3.8, 4) is 5.75 Å². The quantitative estimate of drug-likeness (QED) is 0.261. The molecule has 1 aliphatic heterocycles. The van der Waals surface area contributed by atoms with E-state index in [-0.39, 0.29) is 29.9 Å². The van der Waals surface area contributed by atoms with Gasteiger partial charge in [-0.15, -0.1) is 24.0 Å². The highest BCUT2D eigenvalue weighted by molar-refractivity contribution is 14.0. The third-order valence-electron chi connectivity index (χ3n) is 4.90. The van der Waals surface area contributed by atoms with Crippen molar-refractivity contribution >= 4 is 35.8 Å². The molecule has 0 aromatic heterocycles. The summed E-state index contributed by atoms with van der Waals surface area (Å²) in [5.74, 6) is 1.79. The van der Waals surface area contributed by atoms with E-state index in [1.165, 1.54) is 11.1 Å². The van der Waals surface area contributed by atoms with Crippen molar-refractivity contribution in [2.45, 2.75) is 32.5 Å². The number of guanidine groups is 1. The number of ether oxygens (including phenoxy) is 1. The fraction of sp³-hybridized carbons (Fsp3) is 0.364. The number of methoxy groups -OCH3 is 1. The molecular formula is C22H29IN4O2. The smallest absolute Gasteiger partial charge is 0.223 e. The van der Waals surface area contributed by atoms with Crippen LogP contribution in [-0.4, -0.2) is 37.5 Å². The van der Waals surface area contributed by atoms with Gasteiger partial charge in [0.15, 0.2) is 5.96 Å². The average Bonchev–Trinajstić information content (AvgIpc) is 3.18. The van der Waals surface area contributed by atoms with E-state index in [9.17, 15) is 4.79 Å². The van der Waals surface area contributed by atoms with E-state index >= 15 is 0 Å². The predicted octanol–water partition coefficient (Wildman–Crippen LogP) is 3.30. The zero-order valence-corrected chi connectivity index (χ0v) is 19.3. The molecule has 0 atom stereocenters. The fourth-order valence-corrected chi connectivity index (χ4v) is 3.26. The summed E-state index contributed by atoms with van der Waals surface area (Å²) in [6.07, 6.45) is 1.31. The van der Waals surface area contributed by atoms with Crippen LogP contribution in [0.25, 0.3) is 0 Å². The molecule has 7 heteroatoms. The Balaban J connectivity index is 0.00000300. The van der Waals surface area contributed by atoms with Crippen molar-refractivity contribution < 1.29 is 9.53 Å². The molecule has 0 bridgehead atoms. The van der Waals surface area contributed by atoms with Gasteiger partial charge in [-0.1, -0.05) is 36.4 Å². The standard InChI is InChI=1S/C22H28N4O2.HI/c1-23-22(25-14-17-9-11-20(28-2)12-10-17)24-13-5-8-21(27)26-15-18-6-3-4-7-19(18)16-26;/h3-4,6-7,9-12H,5,8,13-16H2,1-2H3,(H2,23,24,25);1H. The zero-order chi connectivity index (χ0) is 19.8. The molecule has 1 amide bonds. The zero-order valence-electron chi connectivity index (χ0n) is 17.0. The number of amides is 1. The molecule has 0 saturated heterocycles. The first-order valence-electron chi connectivity index (χ1n) is 9.61. The summed E-state index contributed by atoms with van der Waals surface area (Å²) in [6, 6.07) is 16.2. The van der Waals surface area contributed by atoms with Gasteiger partial charge < -0.3 is 20.3 Å². The molecule has 6 nitrogen and oxygen atoms in total. The summed E-state index contributed by atoms with van der Waals surface area (Å²) < 4.78 is 5.17. The van der Waals surface area contributed by atoms with Crippen LogP contribution in [-0.2, 0) is 24.4 Å². The number of nitrogens with one attached hydrogen (secondary N) is 2. The Morgan fingerprint density at radius 2 is 1.72 bits per heavy atom. The monoisotopic (exact) mass is 508 g/mol. The molecule has 2 aromatic rings. The van der Waals surface area contributed by atoms with Crippen LogP contribution in [0.1, 0.15) is 29.5 Å². The number of rotatable bonds is 7. The Morgan fingerprint density at radius 1 is 1.07 bits per heavy atom. The maximum atomic E-state index is 12.4. The molecule has 2 N–H and O–H groups in total. The number of hydrogen-bond donors (Lipinski definition) is 2. The lowest BCUT2D eigenvalue weighted by Gasteiger charge is -2.16. The van der Waals surface area contributed by atoms with E-state index < -0.39 is 0 Å². The lowest BCUT2D eigenvalue weighted by Crippen LogP contribution is -2.37. The molecule has 0 radical (unpaired) electrons. The van der Waals surface area contributed by atoms with Gasteiger partial charge in [0.25, 0.3) is 0 Å². The first kappa shape index (κ1) is 23.0. The highest BCUT2D eigenvalue weighted by atomic mass is 127. The number of fused-ring (bicyclic) bond motifs is 1. The summed E-state index contributed by atoms with van der Waals surface area (Å²) >= 11 is 0. The largest absolute Gasteiger partial charge is 0.497 e. The van der Waals surface area contributed by atoms with Crippen LogP contribution in [0.5, 0.6) is 5.75 Å². The summed E-state index contributed by atoms with van der Waals surface area (Å²) in [7, 11) is 3.41. The van der Waals surface area contributed by atoms with E-state index in [0.29, 0.717) is 19.5 Å². The van der Waals surface area contributed by atoms with Crippen molar-refractivity contribution in [3.05, 3.63) is 65.2 Å². The van der Waals surface area contributed by atoms with Gasteiger partial charge in [-0.05, 0) is 35.2 Å². The van der Waals surface area contributed by atoms with Gasteiger partial charge in [-0.25, -0.2) is 0 Å². The highest BCUT2D eigenvalue weighted by Gasteiger charge is 2.22. The van der Waals surface area contributed by atoms with Gasteiger partial charge >= 0.3 is 0 Å². The number of halogens is 1. The lowest BCUT2D eigenvalue weighted by molar-refractivity contribution is -0.131. The van der Waals surface area contributed by atoms with Crippen LogP contribution >= 0.6 is 24.0 Å². The molecule has 156 valence electrons. The molecule has 0 unspecified atom stereocenters. The average molecular weight is 508 g/mol. The molecule has 29 heavy (non-hydrogen) atoms. The van der Waals surface area contributed by atoms with Crippen LogP contribution in [0.15, 0.2) is 53.5 Å². The molecule has 0 aliphatic carbocycles. The van der Waals surface area contributed by atoms with Crippen molar-refractivity contribution in [3.63, 3.8) is 0 Å². The van der Waals surface area contributed by atoms with Gasteiger partial charge in [0.1, 0.15) is 5.75 Å². The minimum Gasteiger partial charge on any atom is -0.497 e. The first-order chi connectivity index (χ1) is 13.7. The Morgan fingerprint density at radius 3 is 2.31 bits per heavy atom. The van der Waals surface area contributed by atoms with Crippen LogP contribution in [0.3, 0.4) is 0 Å². The van der Waals surface area contributed by atoms with E-state index in [4.69, 9.17) is 4.74 Å². The number of benzene rings is 2. The minimum absolute atomic E-state index is 0. The lowest BCUT2D eigenvalue weighted by atomic mass is 10.1. The van der Waals surface area contributed by atoms with Crippen LogP contribution in [0.2, 0.25) is 0 Å². The SMILES string of the molecule is CN=C(NCCCC(=O)N1Cc2ccccc2C1)NCc1ccc(OC)cc1.I. The number of nitrogens with zero attached hydrogens (tertiary/aromatic N) is 2. The summed E-state index contributed by atoms with van der Waals surface area (Å²) in [5.41, 5.74) is 3.67. The van der Waals surface area contributed by atoms with Gasteiger partial charge in [-0.2, -0.15) is 0 Å². The van der Waals surface area contributed by atoms with Gasteiger partial charge in [0.2, 0.25) is 5.91 Å². The van der Waals surface area contributed by atoms with Crippen LogP contribution in [0.4, 0.5) is 0 Å². The second-order valence-electron chi connectivity index (χ2n) is 6.82. The summed E-state index contributed by atoms with van der Waals surface area (Å²) in [6.45, 7) is 2.84. The Kier molecular flexibility index (Phi) is 9.24. The van der Waals surface area contributed by atoms with Gasteiger partial charge in [0.05, 0.1) is 7.11 Å².